The molecule has 0 fully saturated rings. The van der Waals surface area contributed by atoms with E-state index in [9.17, 15) is 4.79 Å². The van der Waals surface area contributed by atoms with Crippen molar-refractivity contribution >= 4 is 43.1 Å². The number of rotatable bonds is 3. The second-order valence-corrected chi connectivity index (χ2v) is 6.62. The molecule has 0 bridgehead atoms. The summed E-state index contributed by atoms with van der Waals surface area (Å²) in [6, 6.07) is 8.11. The fraction of sp³-hybridized carbons (Fsp3) is 0.200. The molecule has 0 saturated carbocycles. The van der Waals surface area contributed by atoms with Crippen molar-refractivity contribution < 1.29 is 4.79 Å². The highest BCUT2D eigenvalue weighted by molar-refractivity contribution is 9.10. The van der Waals surface area contributed by atoms with Crippen molar-refractivity contribution in [2.24, 2.45) is 0 Å². The molecule has 0 atom stereocenters. The summed E-state index contributed by atoms with van der Waals surface area (Å²) in [5.74, 6) is 0.0144. The molecule has 0 aliphatic rings. The first-order valence-electron chi connectivity index (χ1n) is 6.33. The van der Waals surface area contributed by atoms with Gasteiger partial charge in [0.25, 0.3) is 0 Å². The summed E-state index contributed by atoms with van der Waals surface area (Å²) in [5.41, 5.74) is 1.36. The maximum atomic E-state index is 12.8. The van der Waals surface area contributed by atoms with Gasteiger partial charge in [-0.15, -0.1) is 11.3 Å². The lowest BCUT2D eigenvalue weighted by molar-refractivity contribution is 0.102. The molecule has 1 aromatic carbocycles. The number of hydrogen-bond acceptors (Lipinski definition) is 3. The Morgan fingerprint density at radius 3 is 2.85 bits per heavy atom. The van der Waals surface area contributed by atoms with Gasteiger partial charge in [-0.25, -0.2) is 0 Å². The van der Waals surface area contributed by atoms with Gasteiger partial charge in [-0.2, -0.15) is 5.10 Å². The third-order valence-corrected chi connectivity index (χ3v) is 4.72. The van der Waals surface area contributed by atoms with E-state index in [1.165, 1.54) is 0 Å². The van der Waals surface area contributed by atoms with Crippen molar-refractivity contribution in [2.75, 3.05) is 0 Å². The molecule has 0 aliphatic heterocycles. The molecule has 0 amide bonds. The number of carbonyl (C=O) groups is 1. The molecule has 0 aliphatic carbocycles. The normalized spacial score (nSPS) is 11.4. The minimum absolute atomic E-state index is 0.0144. The predicted molar refractivity (Wildman–Crippen MR) is 85.6 cm³/mol. The quantitative estimate of drug-likeness (QED) is 0.644. The number of thiophene rings is 1. The number of fused-ring (bicyclic) bond motifs is 1. The minimum atomic E-state index is 0.0144. The summed E-state index contributed by atoms with van der Waals surface area (Å²) in [6.45, 7) is 4.03. The molecule has 102 valence electrons. The fourth-order valence-corrected chi connectivity index (χ4v) is 3.62. The molecular weight excluding hydrogens is 336 g/mol. The molecular formula is C15H13BrN2OS. The number of aromatic nitrogens is 2. The average Bonchev–Trinajstić information content (AvgIpc) is 3.01. The van der Waals surface area contributed by atoms with Crippen LogP contribution in [0.15, 0.2) is 40.3 Å². The zero-order chi connectivity index (χ0) is 14.3. The Bertz CT molecular complexity index is 788. The number of halogens is 1. The van der Waals surface area contributed by atoms with E-state index in [1.807, 2.05) is 43.5 Å². The maximum Gasteiger partial charge on any atom is 0.213 e. The highest BCUT2D eigenvalue weighted by Crippen LogP contribution is 2.30. The van der Waals surface area contributed by atoms with Crippen molar-refractivity contribution in [1.82, 2.24) is 9.78 Å². The van der Waals surface area contributed by atoms with Crippen molar-refractivity contribution in [2.45, 2.75) is 19.9 Å². The largest absolute Gasteiger partial charge is 0.287 e. The lowest BCUT2D eigenvalue weighted by atomic mass is 10.1. The third kappa shape index (κ3) is 2.11. The van der Waals surface area contributed by atoms with E-state index in [0.29, 0.717) is 5.69 Å². The number of benzene rings is 1. The average molecular weight is 349 g/mol. The van der Waals surface area contributed by atoms with E-state index in [2.05, 4.69) is 21.0 Å². The van der Waals surface area contributed by atoms with E-state index in [0.717, 1.165) is 20.1 Å². The number of ketones is 1. The Labute approximate surface area is 129 Å². The Hall–Kier alpha value is -1.46. The Morgan fingerprint density at radius 1 is 1.35 bits per heavy atom. The van der Waals surface area contributed by atoms with E-state index in [4.69, 9.17) is 0 Å². The van der Waals surface area contributed by atoms with Crippen molar-refractivity contribution in [3.8, 4) is 0 Å². The fourth-order valence-electron chi connectivity index (χ4n) is 2.23. The van der Waals surface area contributed by atoms with Gasteiger partial charge in [0.05, 0.1) is 10.7 Å². The van der Waals surface area contributed by atoms with Crippen LogP contribution >= 0.6 is 27.3 Å². The van der Waals surface area contributed by atoms with Crippen molar-refractivity contribution in [3.63, 3.8) is 0 Å². The van der Waals surface area contributed by atoms with Crippen LogP contribution in [0.5, 0.6) is 0 Å². The first kappa shape index (κ1) is 13.5. The molecule has 0 saturated heterocycles. The highest BCUT2D eigenvalue weighted by atomic mass is 79.9. The van der Waals surface area contributed by atoms with Crippen molar-refractivity contribution in [1.29, 1.82) is 0 Å². The standard InChI is InChI=1S/C15H13BrN2OS/c1-9(2)18-14(12(16)7-17-18)15(19)11-8-20-13-6-4-3-5-10(11)13/h3-9H,1-2H3. The summed E-state index contributed by atoms with van der Waals surface area (Å²) < 4.78 is 3.63. The monoisotopic (exact) mass is 348 g/mol. The van der Waals surface area contributed by atoms with E-state index in [-0.39, 0.29) is 11.8 Å². The van der Waals surface area contributed by atoms with Gasteiger partial charge < -0.3 is 0 Å². The lowest BCUT2D eigenvalue weighted by Gasteiger charge is -2.10. The molecule has 0 unspecified atom stereocenters. The van der Waals surface area contributed by atoms with Crippen LogP contribution in [0.2, 0.25) is 0 Å². The van der Waals surface area contributed by atoms with Crippen LogP contribution in [0, 0.1) is 0 Å². The van der Waals surface area contributed by atoms with E-state index < -0.39 is 0 Å². The smallest absolute Gasteiger partial charge is 0.213 e. The second-order valence-electron chi connectivity index (χ2n) is 4.85. The predicted octanol–water partition coefficient (Wildman–Crippen LogP) is 4.67. The van der Waals surface area contributed by atoms with Crippen LogP contribution in [0.3, 0.4) is 0 Å². The summed E-state index contributed by atoms with van der Waals surface area (Å²) >= 11 is 5.03. The maximum absolute atomic E-state index is 12.8. The Balaban J connectivity index is 2.16. The Kier molecular flexibility index (Phi) is 3.48. The van der Waals surface area contributed by atoms with Gasteiger partial charge >= 0.3 is 0 Å². The van der Waals surface area contributed by atoms with E-state index in [1.54, 1.807) is 22.2 Å². The molecule has 3 nitrogen and oxygen atoms in total. The first-order valence-corrected chi connectivity index (χ1v) is 8.00. The van der Waals surface area contributed by atoms with Gasteiger partial charge in [-0.1, -0.05) is 18.2 Å². The molecule has 0 spiro atoms. The molecule has 3 aromatic rings. The summed E-state index contributed by atoms with van der Waals surface area (Å²) in [6.07, 6.45) is 1.68. The number of nitrogens with zero attached hydrogens (tertiary/aromatic N) is 2. The van der Waals surface area contributed by atoms with Crippen molar-refractivity contribution in [3.05, 3.63) is 51.6 Å². The molecule has 0 radical (unpaired) electrons. The van der Waals surface area contributed by atoms with Crippen LogP contribution in [0.4, 0.5) is 0 Å². The molecule has 5 heteroatoms. The molecule has 0 N–H and O–H groups in total. The molecule has 2 aromatic heterocycles. The first-order chi connectivity index (χ1) is 9.59. The topological polar surface area (TPSA) is 34.9 Å². The zero-order valence-electron chi connectivity index (χ0n) is 11.1. The lowest BCUT2D eigenvalue weighted by Crippen LogP contribution is -2.13. The molecule has 3 rings (SSSR count). The van der Waals surface area contributed by atoms with Crippen LogP contribution in [-0.2, 0) is 0 Å². The van der Waals surface area contributed by atoms with Crippen LogP contribution in [0.25, 0.3) is 10.1 Å². The van der Waals surface area contributed by atoms with Crippen LogP contribution < -0.4 is 0 Å². The molecule has 20 heavy (non-hydrogen) atoms. The summed E-state index contributed by atoms with van der Waals surface area (Å²) in [7, 11) is 0. The highest BCUT2D eigenvalue weighted by Gasteiger charge is 2.22. The van der Waals surface area contributed by atoms with Crippen LogP contribution in [-0.4, -0.2) is 15.6 Å². The Morgan fingerprint density at radius 2 is 2.10 bits per heavy atom. The van der Waals surface area contributed by atoms with Gasteiger partial charge in [0.15, 0.2) is 0 Å². The second kappa shape index (κ2) is 5.14. The summed E-state index contributed by atoms with van der Waals surface area (Å²) in [4.78, 5) is 12.8. The zero-order valence-corrected chi connectivity index (χ0v) is 13.5. The van der Waals surface area contributed by atoms with Gasteiger partial charge in [-0.3, -0.25) is 9.48 Å². The van der Waals surface area contributed by atoms with Gasteiger partial charge in [0, 0.05) is 27.1 Å². The minimum Gasteiger partial charge on any atom is -0.287 e. The number of carbonyl (C=O) groups excluding carboxylic acids is 1. The van der Waals surface area contributed by atoms with E-state index >= 15 is 0 Å². The third-order valence-electron chi connectivity index (χ3n) is 3.18. The van der Waals surface area contributed by atoms with Crippen LogP contribution in [0.1, 0.15) is 35.9 Å². The summed E-state index contributed by atoms with van der Waals surface area (Å²) in [5, 5.41) is 7.21. The number of hydrogen-bond donors (Lipinski definition) is 0. The van der Waals surface area contributed by atoms with Gasteiger partial charge in [0.2, 0.25) is 5.78 Å². The van der Waals surface area contributed by atoms with Gasteiger partial charge in [0.1, 0.15) is 5.69 Å². The SMILES string of the molecule is CC(C)n1ncc(Br)c1C(=O)c1csc2ccccc12. The van der Waals surface area contributed by atoms with Gasteiger partial charge in [-0.05, 0) is 35.8 Å². The molecule has 2 heterocycles.